The molecule has 0 aromatic heterocycles. The molecular weight excluding hydrogens is 254 g/mol. The molecular formula is C16H17NO3. The molecule has 0 unspecified atom stereocenters. The summed E-state index contributed by atoms with van der Waals surface area (Å²) in [6, 6.07) is 16.5. The summed E-state index contributed by atoms with van der Waals surface area (Å²) in [5, 5.41) is 11.9. The van der Waals surface area contributed by atoms with Crippen LogP contribution in [-0.4, -0.2) is 17.6 Å². The van der Waals surface area contributed by atoms with Gasteiger partial charge in [-0.05, 0) is 18.2 Å². The van der Waals surface area contributed by atoms with E-state index in [0.717, 1.165) is 5.75 Å². The normalized spacial score (nSPS) is 10.1. The summed E-state index contributed by atoms with van der Waals surface area (Å²) in [5.41, 5.74) is 1.34. The van der Waals surface area contributed by atoms with Gasteiger partial charge in [-0.25, -0.2) is 0 Å². The van der Waals surface area contributed by atoms with Crippen molar-refractivity contribution in [2.45, 2.75) is 13.0 Å². The van der Waals surface area contributed by atoms with E-state index in [4.69, 9.17) is 4.74 Å². The highest BCUT2D eigenvalue weighted by Gasteiger charge is 2.06. The maximum atomic E-state index is 11.8. The van der Waals surface area contributed by atoms with Gasteiger partial charge in [0, 0.05) is 11.3 Å². The first kappa shape index (κ1) is 14.1. The van der Waals surface area contributed by atoms with E-state index in [1.807, 2.05) is 42.5 Å². The molecule has 0 radical (unpaired) electrons. The smallest absolute Gasteiger partial charge is 0.227 e. The number of ether oxygens (including phenoxy) is 1. The van der Waals surface area contributed by atoms with Gasteiger partial charge in [-0.15, -0.1) is 0 Å². The number of para-hydroxylation sites is 2. The highest BCUT2D eigenvalue weighted by Crippen LogP contribution is 2.15. The number of hydrogen-bond acceptors (Lipinski definition) is 3. The number of aliphatic hydroxyl groups excluding tert-OH is 1. The Balaban J connectivity index is 1.81. The van der Waals surface area contributed by atoms with Crippen molar-refractivity contribution in [1.29, 1.82) is 0 Å². The van der Waals surface area contributed by atoms with Crippen LogP contribution in [0.4, 0.5) is 5.69 Å². The number of anilines is 1. The number of hydrogen-bond donors (Lipinski definition) is 2. The summed E-state index contributed by atoms with van der Waals surface area (Å²) in [4.78, 5) is 11.8. The van der Waals surface area contributed by atoms with E-state index in [9.17, 15) is 9.90 Å². The third-order valence-electron chi connectivity index (χ3n) is 2.80. The predicted octanol–water partition coefficient (Wildman–Crippen LogP) is 2.59. The minimum Gasteiger partial charge on any atom is -0.493 e. The molecule has 0 aliphatic carbocycles. The van der Waals surface area contributed by atoms with Gasteiger partial charge >= 0.3 is 0 Å². The fraction of sp³-hybridized carbons (Fsp3) is 0.188. The van der Waals surface area contributed by atoms with E-state index in [2.05, 4.69) is 5.32 Å². The van der Waals surface area contributed by atoms with Crippen molar-refractivity contribution in [1.82, 2.24) is 0 Å². The number of rotatable bonds is 6. The van der Waals surface area contributed by atoms with Gasteiger partial charge in [0.1, 0.15) is 5.75 Å². The first-order chi connectivity index (χ1) is 9.79. The molecule has 0 heterocycles. The summed E-state index contributed by atoms with van der Waals surface area (Å²) in [7, 11) is 0. The van der Waals surface area contributed by atoms with Crippen LogP contribution in [-0.2, 0) is 11.4 Å². The van der Waals surface area contributed by atoms with E-state index in [0.29, 0.717) is 17.9 Å². The monoisotopic (exact) mass is 271 g/mol. The molecule has 20 heavy (non-hydrogen) atoms. The first-order valence-electron chi connectivity index (χ1n) is 6.46. The van der Waals surface area contributed by atoms with Gasteiger partial charge in [0.15, 0.2) is 0 Å². The summed E-state index contributed by atoms with van der Waals surface area (Å²) >= 11 is 0. The molecule has 0 saturated heterocycles. The quantitative estimate of drug-likeness (QED) is 0.849. The Hall–Kier alpha value is -2.33. The molecule has 4 nitrogen and oxygen atoms in total. The minimum atomic E-state index is -0.137. The van der Waals surface area contributed by atoms with Crippen molar-refractivity contribution in [3.63, 3.8) is 0 Å². The van der Waals surface area contributed by atoms with Gasteiger partial charge in [-0.3, -0.25) is 4.79 Å². The van der Waals surface area contributed by atoms with Gasteiger partial charge in [0.25, 0.3) is 0 Å². The van der Waals surface area contributed by atoms with Crippen LogP contribution >= 0.6 is 0 Å². The molecule has 0 aliphatic rings. The van der Waals surface area contributed by atoms with Crippen LogP contribution in [0.5, 0.6) is 5.75 Å². The zero-order valence-electron chi connectivity index (χ0n) is 11.1. The third-order valence-corrected chi connectivity index (χ3v) is 2.80. The van der Waals surface area contributed by atoms with E-state index in [1.54, 1.807) is 12.1 Å². The largest absolute Gasteiger partial charge is 0.493 e. The van der Waals surface area contributed by atoms with E-state index < -0.39 is 0 Å². The number of nitrogens with one attached hydrogen (secondary N) is 1. The van der Waals surface area contributed by atoms with Crippen LogP contribution in [0.15, 0.2) is 54.6 Å². The Morgan fingerprint density at radius 3 is 2.50 bits per heavy atom. The van der Waals surface area contributed by atoms with Crippen molar-refractivity contribution in [2.24, 2.45) is 0 Å². The molecule has 2 aromatic rings. The predicted molar refractivity (Wildman–Crippen MR) is 77.5 cm³/mol. The third kappa shape index (κ3) is 4.10. The van der Waals surface area contributed by atoms with E-state index in [1.165, 1.54) is 0 Å². The average molecular weight is 271 g/mol. The van der Waals surface area contributed by atoms with Crippen LogP contribution in [0.2, 0.25) is 0 Å². The van der Waals surface area contributed by atoms with Crippen molar-refractivity contribution in [3.05, 3.63) is 60.2 Å². The summed E-state index contributed by atoms with van der Waals surface area (Å²) in [6.07, 6.45) is 0.259. The molecule has 0 atom stereocenters. The first-order valence-corrected chi connectivity index (χ1v) is 6.46. The second-order valence-corrected chi connectivity index (χ2v) is 4.27. The van der Waals surface area contributed by atoms with Crippen LogP contribution in [0.25, 0.3) is 0 Å². The lowest BCUT2D eigenvalue weighted by molar-refractivity contribution is -0.116. The maximum Gasteiger partial charge on any atom is 0.227 e. The molecule has 0 bridgehead atoms. The standard InChI is InChI=1S/C16H17NO3/c18-12-13-6-4-5-9-15(13)17-16(19)10-11-20-14-7-2-1-3-8-14/h1-9,18H,10-12H2,(H,17,19). The average Bonchev–Trinajstić information content (AvgIpc) is 2.49. The lowest BCUT2D eigenvalue weighted by Gasteiger charge is -2.10. The van der Waals surface area contributed by atoms with Crippen LogP contribution < -0.4 is 10.1 Å². The molecule has 1 amide bonds. The van der Waals surface area contributed by atoms with Crippen molar-refractivity contribution in [2.75, 3.05) is 11.9 Å². The highest BCUT2D eigenvalue weighted by molar-refractivity contribution is 5.91. The van der Waals surface area contributed by atoms with E-state index in [-0.39, 0.29) is 18.9 Å². The Kier molecular flexibility index (Phi) is 5.15. The Morgan fingerprint density at radius 1 is 1.05 bits per heavy atom. The second kappa shape index (κ2) is 7.31. The van der Waals surface area contributed by atoms with Crippen LogP contribution in [0.3, 0.4) is 0 Å². The van der Waals surface area contributed by atoms with Gasteiger partial charge in [0.2, 0.25) is 5.91 Å². The summed E-state index contributed by atoms with van der Waals surface area (Å²) in [6.45, 7) is 0.216. The molecule has 0 aliphatic heterocycles. The van der Waals surface area contributed by atoms with Crippen LogP contribution in [0, 0.1) is 0 Å². The molecule has 2 N–H and O–H groups in total. The highest BCUT2D eigenvalue weighted by atomic mass is 16.5. The zero-order valence-corrected chi connectivity index (χ0v) is 11.1. The van der Waals surface area contributed by atoms with E-state index >= 15 is 0 Å². The Labute approximate surface area is 118 Å². The molecule has 0 fully saturated rings. The fourth-order valence-electron chi connectivity index (χ4n) is 1.77. The Morgan fingerprint density at radius 2 is 1.75 bits per heavy atom. The van der Waals surface area contributed by atoms with Gasteiger partial charge in [-0.2, -0.15) is 0 Å². The molecule has 0 saturated carbocycles. The van der Waals surface area contributed by atoms with Gasteiger partial charge in [-0.1, -0.05) is 36.4 Å². The Bertz CT molecular complexity index is 555. The maximum absolute atomic E-state index is 11.8. The van der Waals surface area contributed by atoms with Crippen LogP contribution in [0.1, 0.15) is 12.0 Å². The lowest BCUT2D eigenvalue weighted by atomic mass is 10.2. The summed E-state index contributed by atoms with van der Waals surface area (Å²) < 4.78 is 5.46. The van der Waals surface area contributed by atoms with Crippen molar-refractivity contribution < 1.29 is 14.6 Å². The molecule has 2 rings (SSSR count). The number of amides is 1. The number of carbonyl (C=O) groups excluding carboxylic acids is 1. The van der Waals surface area contributed by atoms with Gasteiger partial charge < -0.3 is 15.2 Å². The SMILES string of the molecule is O=C(CCOc1ccccc1)Nc1ccccc1CO. The minimum absolute atomic E-state index is 0.100. The number of carbonyl (C=O) groups is 1. The molecule has 0 spiro atoms. The molecule has 104 valence electrons. The lowest BCUT2D eigenvalue weighted by Crippen LogP contribution is -2.16. The topological polar surface area (TPSA) is 58.6 Å². The fourth-order valence-corrected chi connectivity index (χ4v) is 1.77. The zero-order chi connectivity index (χ0) is 14.2. The molecule has 4 heteroatoms. The molecule has 2 aromatic carbocycles. The summed E-state index contributed by atoms with van der Waals surface area (Å²) in [5.74, 6) is 0.609. The second-order valence-electron chi connectivity index (χ2n) is 4.27. The van der Waals surface area contributed by atoms with Gasteiger partial charge in [0.05, 0.1) is 19.6 Å². The van der Waals surface area contributed by atoms with Crippen molar-refractivity contribution >= 4 is 11.6 Å². The van der Waals surface area contributed by atoms with Crippen molar-refractivity contribution in [3.8, 4) is 5.75 Å². The number of benzene rings is 2. The number of aliphatic hydroxyl groups is 1.